The Morgan fingerprint density at radius 1 is 1.16 bits per heavy atom. The lowest BCUT2D eigenvalue weighted by Gasteiger charge is -2.11. The number of nitrogens with zero attached hydrogens (tertiary/aromatic N) is 2. The molecule has 100 valence electrons. The fourth-order valence-electron chi connectivity index (χ4n) is 1.92. The van der Waals surface area contributed by atoms with Gasteiger partial charge in [-0.2, -0.15) is 0 Å². The van der Waals surface area contributed by atoms with Crippen LogP contribution in [0.4, 0.5) is 11.6 Å². The largest absolute Gasteiger partial charge is 0.496 e. The maximum Gasteiger partial charge on any atom is 0.223 e. The maximum absolute atomic E-state index is 5.78. The summed E-state index contributed by atoms with van der Waals surface area (Å²) in [5, 5.41) is 3.19. The number of hydrogen-bond donors (Lipinski definition) is 2. The number of nitrogens with two attached hydrogens (primary N) is 1. The summed E-state index contributed by atoms with van der Waals surface area (Å²) in [5.41, 5.74) is 9.35. The van der Waals surface area contributed by atoms with Gasteiger partial charge < -0.3 is 15.8 Å². The van der Waals surface area contributed by atoms with E-state index in [1.54, 1.807) is 7.11 Å². The molecule has 3 N–H and O–H groups in total. The third kappa shape index (κ3) is 3.34. The first kappa shape index (κ1) is 13.1. The predicted molar refractivity (Wildman–Crippen MR) is 76.2 cm³/mol. The quantitative estimate of drug-likeness (QED) is 0.823. The van der Waals surface area contributed by atoms with Gasteiger partial charge in [-0.3, -0.25) is 0 Å². The van der Waals surface area contributed by atoms with Crippen LogP contribution in [0.25, 0.3) is 0 Å². The zero-order chi connectivity index (χ0) is 13.8. The van der Waals surface area contributed by atoms with Crippen molar-refractivity contribution in [1.29, 1.82) is 0 Å². The van der Waals surface area contributed by atoms with E-state index in [0.717, 1.165) is 22.7 Å². The van der Waals surface area contributed by atoms with Crippen LogP contribution in [0.5, 0.6) is 5.75 Å². The number of aromatic nitrogens is 2. The molecule has 19 heavy (non-hydrogen) atoms. The molecule has 0 bridgehead atoms. The van der Waals surface area contributed by atoms with Crippen molar-refractivity contribution in [2.45, 2.75) is 20.4 Å². The van der Waals surface area contributed by atoms with Crippen LogP contribution < -0.4 is 15.8 Å². The Hall–Kier alpha value is -2.30. The molecule has 0 saturated carbocycles. The van der Waals surface area contributed by atoms with E-state index in [9.17, 15) is 0 Å². The molecule has 0 atom stereocenters. The monoisotopic (exact) mass is 258 g/mol. The molecule has 1 aromatic carbocycles. The minimum Gasteiger partial charge on any atom is -0.496 e. The van der Waals surface area contributed by atoms with Gasteiger partial charge in [-0.1, -0.05) is 0 Å². The van der Waals surface area contributed by atoms with E-state index in [-0.39, 0.29) is 0 Å². The summed E-state index contributed by atoms with van der Waals surface area (Å²) in [7, 11) is 1.64. The second-order valence-corrected chi connectivity index (χ2v) is 4.40. The van der Waals surface area contributed by atoms with Crippen LogP contribution in [0.15, 0.2) is 24.3 Å². The van der Waals surface area contributed by atoms with Crippen LogP contribution in [-0.2, 0) is 6.54 Å². The standard InChI is InChI=1S/C14H18N4O/c1-9-6-10(2)18-14(17-9)16-8-11-7-12(15)4-5-13(11)19-3/h4-7H,8,15H2,1-3H3,(H,16,17,18). The zero-order valence-corrected chi connectivity index (χ0v) is 11.4. The fourth-order valence-corrected chi connectivity index (χ4v) is 1.92. The topological polar surface area (TPSA) is 73.1 Å². The maximum atomic E-state index is 5.78. The summed E-state index contributed by atoms with van der Waals surface area (Å²) in [4.78, 5) is 8.67. The molecule has 5 heteroatoms. The molecule has 0 fully saturated rings. The third-order valence-electron chi connectivity index (χ3n) is 2.72. The molecule has 0 aliphatic carbocycles. The number of anilines is 2. The van der Waals surface area contributed by atoms with E-state index in [2.05, 4.69) is 15.3 Å². The Balaban J connectivity index is 2.16. The van der Waals surface area contributed by atoms with Crippen LogP contribution in [-0.4, -0.2) is 17.1 Å². The van der Waals surface area contributed by atoms with E-state index in [1.807, 2.05) is 38.1 Å². The van der Waals surface area contributed by atoms with E-state index < -0.39 is 0 Å². The van der Waals surface area contributed by atoms with Crippen LogP contribution >= 0.6 is 0 Å². The van der Waals surface area contributed by atoms with Crippen LogP contribution in [0.3, 0.4) is 0 Å². The lowest BCUT2D eigenvalue weighted by Crippen LogP contribution is -2.06. The second kappa shape index (κ2) is 5.56. The van der Waals surface area contributed by atoms with Crippen LogP contribution in [0, 0.1) is 13.8 Å². The lowest BCUT2D eigenvalue weighted by atomic mass is 10.2. The molecule has 0 unspecified atom stereocenters. The highest BCUT2D eigenvalue weighted by molar-refractivity contribution is 5.49. The SMILES string of the molecule is COc1ccc(N)cc1CNc1nc(C)cc(C)n1. The Kier molecular flexibility index (Phi) is 3.85. The molecule has 0 spiro atoms. The van der Waals surface area contributed by atoms with Crippen molar-refractivity contribution in [2.24, 2.45) is 0 Å². The molecule has 2 rings (SSSR count). The number of rotatable bonds is 4. The molecule has 1 heterocycles. The number of nitrogens with one attached hydrogen (secondary N) is 1. The summed E-state index contributed by atoms with van der Waals surface area (Å²) >= 11 is 0. The minimum atomic E-state index is 0.567. The molecule has 0 aliphatic heterocycles. The Bertz CT molecular complexity index is 563. The molecular weight excluding hydrogens is 240 g/mol. The van der Waals surface area contributed by atoms with Crippen molar-refractivity contribution in [3.05, 3.63) is 41.2 Å². The van der Waals surface area contributed by atoms with Crippen molar-refractivity contribution < 1.29 is 4.74 Å². The lowest BCUT2D eigenvalue weighted by molar-refractivity contribution is 0.410. The average molecular weight is 258 g/mol. The molecule has 0 amide bonds. The first-order chi connectivity index (χ1) is 9.08. The average Bonchev–Trinajstić information content (AvgIpc) is 2.35. The summed E-state index contributed by atoms with van der Waals surface area (Å²) in [6, 6.07) is 7.49. The number of nitrogen functional groups attached to an aromatic ring is 1. The molecule has 0 saturated heterocycles. The van der Waals surface area contributed by atoms with Gasteiger partial charge >= 0.3 is 0 Å². The minimum absolute atomic E-state index is 0.567. The van der Waals surface area contributed by atoms with E-state index in [0.29, 0.717) is 18.2 Å². The number of benzene rings is 1. The van der Waals surface area contributed by atoms with Crippen molar-refractivity contribution >= 4 is 11.6 Å². The van der Waals surface area contributed by atoms with Gasteiger partial charge in [-0.25, -0.2) is 9.97 Å². The van der Waals surface area contributed by atoms with E-state index in [1.165, 1.54) is 0 Å². The Morgan fingerprint density at radius 2 is 1.84 bits per heavy atom. The highest BCUT2D eigenvalue weighted by Crippen LogP contribution is 2.21. The molecule has 0 aliphatic rings. The number of methoxy groups -OCH3 is 1. The fraction of sp³-hybridized carbons (Fsp3) is 0.286. The number of aryl methyl sites for hydroxylation is 2. The third-order valence-corrected chi connectivity index (χ3v) is 2.72. The van der Waals surface area contributed by atoms with Gasteiger partial charge in [0.2, 0.25) is 5.95 Å². The predicted octanol–water partition coefficient (Wildman–Crippen LogP) is 2.30. The van der Waals surface area contributed by atoms with Gasteiger partial charge in [0.05, 0.1) is 7.11 Å². The summed E-state index contributed by atoms with van der Waals surface area (Å²) in [5.74, 6) is 1.41. The first-order valence-electron chi connectivity index (χ1n) is 6.07. The van der Waals surface area contributed by atoms with Crippen LogP contribution in [0.2, 0.25) is 0 Å². The summed E-state index contributed by atoms with van der Waals surface area (Å²) in [6.07, 6.45) is 0. The van der Waals surface area contributed by atoms with Crippen molar-refractivity contribution in [3.8, 4) is 5.75 Å². The second-order valence-electron chi connectivity index (χ2n) is 4.40. The van der Waals surface area contributed by atoms with Crippen molar-refractivity contribution in [2.75, 3.05) is 18.2 Å². The molecule has 2 aromatic rings. The highest BCUT2D eigenvalue weighted by atomic mass is 16.5. The Labute approximate surface area is 112 Å². The van der Waals surface area contributed by atoms with Gasteiger partial charge in [0.25, 0.3) is 0 Å². The van der Waals surface area contributed by atoms with E-state index in [4.69, 9.17) is 10.5 Å². The molecule has 1 aromatic heterocycles. The Morgan fingerprint density at radius 3 is 2.47 bits per heavy atom. The van der Waals surface area contributed by atoms with Gasteiger partial charge in [0, 0.05) is 29.2 Å². The van der Waals surface area contributed by atoms with E-state index >= 15 is 0 Å². The summed E-state index contributed by atoms with van der Waals surface area (Å²) in [6.45, 7) is 4.46. The molecular formula is C14H18N4O. The summed E-state index contributed by atoms with van der Waals surface area (Å²) < 4.78 is 5.30. The van der Waals surface area contributed by atoms with Gasteiger partial charge in [-0.15, -0.1) is 0 Å². The zero-order valence-electron chi connectivity index (χ0n) is 11.4. The van der Waals surface area contributed by atoms with Crippen LogP contribution in [0.1, 0.15) is 17.0 Å². The molecule has 5 nitrogen and oxygen atoms in total. The number of hydrogen-bond acceptors (Lipinski definition) is 5. The van der Waals surface area contributed by atoms with Gasteiger partial charge in [0.1, 0.15) is 5.75 Å². The van der Waals surface area contributed by atoms with Gasteiger partial charge in [0.15, 0.2) is 0 Å². The van der Waals surface area contributed by atoms with Crippen molar-refractivity contribution in [1.82, 2.24) is 9.97 Å². The smallest absolute Gasteiger partial charge is 0.223 e. The normalized spacial score (nSPS) is 10.3. The molecule has 0 radical (unpaired) electrons. The van der Waals surface area contributed by atoms with Crippen molar-refractivity contribution in [3.63, 3.8) is 0 Å². The highest BCUT2D eigenvalue weighted by Gasteiger charge is 2.05. The number of ether oxygens (including phenoxy) is 1. The first-order valence-corrected chi connectivity index (χ1v) is 6.07. The van der Waals surface area contributed by atoms with Gasteiger partial charge in [-0.05, 0) is 38.1 Å².